The van der Waals surface area contributed by atoms with E-state index in [2.05, 4.69) is 15.5 Å². The van der Waals surface area contributed by atoms with Gasteiger partial charge in [-0.1, -0.05) is 0 Å². The zero-order valence-corrected chi connectivity index (χ0v) is 15.9. The van der Waals surface area contributed by atoms with Crippen molar-refractivity contribution in [2.45, 2.75) is 45.6 Å². The fourth-order valence-corrected chi connectivity index (χ4v) is 3.67. The van der Waals surface area contributed by atoms with Gasteiger partial charge in [0.2, 0.25) is 0 Å². The number of fused-ring (bicyclic) bond motifs is 1. The standard InChI is InChI=1S/C19H24N6O/c1-10(17-11(2)23-24(4)12(17)3)21-19(26)14-8-16(13-6-7-13)22-18-15(14)9-20-25(18)5/h8-10,13H,6-7H2,1-5H3,(H,21,26). The van der Waals surface area contributed by atoms with E-state index < -0.39 is 0 Å². The van der Waals surface area contributed by atoms with E-state index in [1.165, 1.54) is 0 Å². The van der Waals surface area contributed by atoms with Gasteiger partial charge in [-0.25, -0.2) is 4.98 Å². The van der Waals surface area contributed by atoms with Crippen molar-refractivity contribution < 1.29 is 4.79 Å². The molecule has 1 unspecified atom stereocenters. The van der Waals surface area contributed by atoms with Gasteiger partial charge in [0.05, 0.1) is 28.9 Å². The number of rotatable bonds is 4. The molecule has 26 heavy (non-hydrogen) atoms. The number of carbonyl (C=O) groups excluding carboxylic acids is 1. The Hall–Kier alpha value is -2.70. The van der Waals surface area contributed by atoms with Gasteiger partial charge in [-0.3, -0.25) is 14.2 Å². The van der Waals surface area contributed by atoms with Gasteiger partial charge in [0.1, 0.15) is 0 Å². The van der Waals surface area contributed by atoms with E-state index in [9.17, 15) is 4.79 Å². The lowest BCUT2D eigenvalue weighted by molar-refractivity contribution is 0.0941. The molecule has 1 aliphatic rings. The number of amides is 1. The molecule has 0 radical (unpaired) electrons. The highest BCUT2D eigenvalue weighted by molar-refractivity contribution is 6.05. The van der Waals surface area contributed by atoms with Crippen LogP contribution in [0, 0.1) is 13.8 Å². The Labute approximate surface area is 152 Å². The minimum Gasteiger partial charge on any atom is -0.345 e. The number of aryl methyl sites for hydroxylation is 3. The van der Waals surface area contributed by atoms with E-state index in [1.54, 1.807) is 10.9 Å². The summed E-state index contributed by atoms with van der Waals surface area (Å²) in [6.45, 7) is 6.00. The quantitative estimate of drug-likeness (QED) is 0.783. The van der Waals surface area contributed by atoms with Crippen LogP contribution in [-0.2, 0) is 14.1 Å². The fraction of sp³-hybridized carbons (Fsp3) is 0.474. The first-order valence-corrected chi connectivity index (χ1v) is 9.00. The summed E-state index contributed by atoms with van der Waals surface area (Å²) in [5.41, 5.74) is 5.48. The lowest BCUT2D eigenvalue weighted by Crippen LogP contribution is -2.27. The number of nitrogens with zero attached hydrogens (tertiary/aromatic N) is 5. The number of nitrogens with one attached hydrogen (secondary N) is 1. The first-order valence-electron chi connectivity index (χ1n) is 9.00. The lowest BCUT2D eigenvalue weighted by atomic mass is 10.0. The molecule has 1 fully saturated rings. The first kappa shape index (κ1) is 16.8. The van der Waals surface area contributed by atoms with E-state index in [0.717, 1.165) is 46.5 Å². The second-order valence-corrected chi connectivity index (χ2v) is 7.28. The van der Waals surface area contributed by atoms with E-state index in [4.69, 9.17) is 4.98 Å². The molecule has 136 valence electrons. The van der Waals surface area contributed by atoms with Gasteiger partial charge in [-0.15, -0.1) is 0 Å². The molecule has 3 heterocycles. The second kappa shape index (κ2) is 5.93. The Morgan fingerprint density at radius 1 is 1.27 bits per heavy atom. The third-order valence-corrected chi connectivity index (χ3v) is 5.31. The van der Waals surface area contributed by atoms with Crippen LogP contribution in [0.15, 0.2) is 12.3 Å². The van der Waals surface area contributed by atoms with Crippen LogP contribution in [0.5, 0.6) is 0 Å². The predicted molar refractivity (Wildman–Crippen MR) is 99.0 cm³/mol. The van der Waals surface area contributed by atoms with Gasteiger partial charge < -0.3 is 5.32 Å². The summed E-state index contributed by atoms with van der Waals surface area (Å²) in [5.74, 6) is 0.378. The van der Waals surface area contributed by atoms with Crippen LogP contribution in [0.2, 0.25) is 0 Å². The van der Waals surface area contributed by atoms with Crippen LogP contribution in [0.4, 0.5) is 0 Å². The van der Waals surface area contributed by atoms with Gasteiger partial charge in [-0.05, 0) is 39.7 Å². The van der Waals surface area contributed by atoms with Crippen molar-refractivity contribution >= 4 is 16.9 Å². The highest BCUT2D eigenvalue weighted by Gasteiger charge is 2.28. The number of carbonyl (C=O) groups is 1. The molecule has 0 spiro atoms. The number of pyridine rings is 1. The average Bonchev–Trinajstić information content (AvgIpc) is 3.32. The van der Waals surface area contributed by atoms with Crippen LogP contribution in [0.1, 0.15) is 64.7 Å². The second-order valence-electron chi connectivity index (χ2n) is 7.28. The molecule has 0 bridgehead atoms. The Kier molecular flexibility index (Phi) is 3.82. The normalized spacial score (nSPS) is 15.4. The van der Waals surface area contributed by atoms with Crippen LogP contribution < -0.4 is 5.32 Å². The van der Waals surface area contributed by atoms with Crippen LogP contribution >= 0.6 is 0 Å². The Morgan fingerprint density at radius 3 is 2.62 bits per heavy atom. The first-order chi connectivity index (χ1) is 12.4. The topological polar surface area (TPSA) is 77.6 Å². The molecular formula is C19H24N6O. The van der Waals surface area contributed by atoms with Crippen molar-refractivity contribution in [3.8, 4) is 0 Å². The molecule has 0 aliphatic heterocycles. The van der Waals surface area contributed by atoms with Crippen LogP contribution in [-0.4, -0.2) is 30.5 Å². The molecule has 1 N–H and O–H groups in total. The lowest BCUT2D eigenvalue weighted by Gasteiger charge is -2.16. The maximum atomic E-state index is 13.1. The Balaban J connectivity index is 1.70. The smallest absolute Gasteiger partial charge is 0.252 e. The highest BCUT2D eigenvalue weighted by Crippen LogP contribution is 2.40. The summed E-state index contributed by atoms with van der Waals surface area (Å²) in [6, 6.07) is 1.81. The highest BCUT2D eigenvalue weighted by atomic mass is 16.1. The van der Waals surface area contributed by atoms with Crippen molar-refractivity contribution in [1.82, 2.24) is 29.9 Å². The number of hydrogen-bond acceptors (Lipinski definition) is 4. The summed E-state index contributed by atoms with van der Waals surface area (Å²) < 4.78 is 3.58. The summed E-state index contributed by atoms with van der Waals surface area (Å²) in [6.07, 6.45) is 4.00. The van der Waals surface area contributed by atoms with E-state index >= 15 is 0 Å². The molecule has 3 aromatic heterocycles. The third kappa shape index (κ3) is 2.67. The molecule has 7 nitrogen and oxygen atoms in total. The molecule has 4 rings (SSSR count). The molecule has 7 heteroatoms. The SMILES string of the molecule is Cc1nn(C)c(C)c1C(C)NC(=O)c1cc(C2CC2)nc2c1cnn2C. The predicted octanol–water partition coefficient (Wildman–Crippen LogP) is 2.69. The third-order valence-electron chi connectivity index (χ3n) is 5.31. The largest absolute Gasteiger partial charge is 0.345 e. The molecular weight excluding hydrogens is 328 g/mol. The summed E-state index contributed by atoms with van der Waals surface area (Å²) in [4.78, 5) is 17.8. The Morgan fingerprint density at radius 2 is 2.00 bits per heavy atom. The molecule has 3 aromatic rings. The van der Waals surface area contributed by atoms with Gasteiger partial charge in [0.25, 0.3) is 5.91 Å². The van der Waals surface area contributed by atoms with E-state index in [0.29, 0.717) is 11.5 Å². The van der Waals surface area contributed by atoms with Gasteiger partial charge in [-0.2, -0.15) is 10.2 Å². The monoisotopic (exact) mass is 352 g/mol. The minimum atomic E-state index is -0.125. The fourth-order valence-electron chi connectivity index (χ4n) is 3.67. The van der Waals surface area contributed by atoms with E-state index in [-0.39, 0.29) is 11.9 Å². The van der Waals surface area contributed by atoms with Gasteiger partial charge >= 0.3 is 0 Å². The molecule has 1 aliphatic carbocycles. The van der Waals surface area contributed by atoms with E-state index in [1.807, 2.05) is 45.6 Å². The molecule has 0 aromatic carbocycles. The zero-order chi connectivity index (χ0) is 18.6. The maximum Gasteiger partial charge on any atom is 0.252 e. The Bertz CT molecular complexity index is 1010. The molecule has 1 amide bonds. The van der Waals surface area contributed by atoms with Crippen molar-refractivity contribution in [2.75, 3.05) is 0 Å². The van der Waals surface area contributed by atoms with Crippen molar-refractivity contribution in [3.63, 3.8) is 0 Å². The van der Waals surface area contributed by atoms with Crippen molar-refractivity contribution in [3.05, 3.63) is 40.5 Å². The number of hydrogen-bond donors (Lipinski definition) is 1. The van der Waals surface area contributed by atoms with Crippen molar-refractivity contribution in [2.24, 2.45) is 14.1 Å². The summed E-state index contributed by atoms with van der Waals surface area (Å²) in [7, 11) is 3.78. The number of aromatic nitrogens is 5. The maximum absolute atomic E-state index is 13.1. The van der Waals surface area contributed by atoms with Crippen LogP contribution in [0.3, 0.4) is 0 Å². The summed E-state index contributed by atoms with van der Waals surface area (Å²) in [5, 5.41) is 12.7. The molecule has 1 saturated carbocycles. The molecule has 0 saturated heterocycles. The average molecular weight is 352 g/mol. The van der Waals surface area contributed by atoms with Crippen LogP contribution in [0.25, 0.3) is 11.0 Å². The zero-order valence-electron chi connectivity index (χ0n) is 15.9. The molecule has 1 atom stereocenters. The summed E-state index contributed by atoms with van der Waals surface area (Å²) >= 11 is 0. The minimum absolute atomic E-state index is 0.0950. The van der Waals surface area contributed by atoms with Crippen molar-refractivity contribution in [1.29, 1.82) is 0 Å². The van der Waals surface area contributed by atoms with Gasteiger partial charge in [0.15, 0.2) is 5.65 Å². The van der Waals surface area contributed by atoms with Gasteiger partial charge in [0, 0.05) is 37.0 Å².